The van der Waals surface area contributed by atoms with Gasteiger partial charge in [0.15, 0.2) is 25.2 Å². The number of aliphatic carboxylic acids is 3. The zero-order valence-corrected chi connectivity index (χ0v) is 80.5. The van der Waals surface area contributed by atoms with Crippen molar-refractivity contribution in [1.29, 1.82) is 0 Å². The second-order valence-corrected chi connectivity index (χ2v) is 37.8. The number of Topliss-reactive ketones (excluding diaryl/α,β-unsaturated/α-hetero) is 1. The summed E-state index contributed by atoms with van der Waals surface area (Å²) in [4.78, 5) is 108. The molecule has 141 heavy (non-hydrogen) atoms. The minimum absolute atomic E-state index is 0.0776. The molecule has 0 aromatic carbocycles. The molecule has 51 heteroatoms. The molecule has 7 rings (SSSR count). The number of aliphatic hydroxyl groups excluding tert-OH is 22. The lowest BCUT2D eigenvalue weighted by Gasteiger charge is -2.53. The lowest BCUT2D eigenvalue weighted by atomic mass is 9.86. The van der Waals surface area contributed by atoms with E-state index in [9.17, 15) is 166 Å². The molecule has 7 aliphatic heterocycles. The van der Waals surface area contributed by atoms with Gasteiger partial charge < -0.3 is 220 Å². The monoisotopic (exact) mass is 2040 g/mol. The molecule has 0 bridgehead atoms. The molecular formula is C90H156N4O47. The number of carbonyl (C=O) groups is 8. The van der Waals surface area contributed by atoms with Crippen molar-refractivity contribution in [3.63, 3.8) is 0 Å². The molecule has 3 unspecified atom stereocenters. The number of ketones is 1. The highest BCUT2D eigenvalue weighted by atomic mass is 16.8. The van der Waals surface area contributed by atoms with Crippen LogP contribution >= 0.6 is 0 Å². The molecule has 29 N–H and O–H groups in total. The molecule has 7 saturated heterocycles. The number of ether oxygens (including phenoxy) is 14. The smallest absolute Gasteiger partial charge is 0.364 e. The first-order chi connectivity index (χ1) is 66.9. The summed E-state index contributed by atoms with van der Waals surface area (Å²) in [5.41, 5.74) is 0. The first-order valence-electron chi connectivity index (χ1n) is 48.9. The number of carbonyl (C=O) groups excluding carboxylic acids is 5. The maximum absolute atomic E-state index is 14.6. The highest BCUT2D eigenvalue weighted by molar-refractivity contribution is 5.79. The van der Waals surface area contributed by atoms with Crippen molar-refractivity contribution in [3.8, 4) is 0 Å². The second kappa shape index (κ2) is 59.1. The summed E-state index contributed by atoms with van der Waals surface area (Å²) < 4.78 is 84.3. The summed E-state index contributed by atoms with van der Waals surface area (Å²) in [6, 6.07) is -7.35. The van der Waals surface area contributed by atoms with Crippen molar-refractivity contribution in [1.82, 2.24) is 21.3 Å². The SMILES string of the molecule is CCCCCCCCCCCCCCC[C@@H](O)[C@H](CO[C@@H]1O[C@H](CO)[C@@H](O[C@@H]2O[C@H](CO)[C@H](O[C@@H]3O[C@H](CO)[C@H](O)[C@H](O[C@@H]4O[C@H](CO)[C@H](O)[C@H](O)[C@H]4O)[C@H]3CC(C)=O)[C@H](O[C@]3(C(=O)O)C[C@H](O)[C@@H](NC(C)=O)C([C@H](O)[C@@H](CO)O[C@]4(C(=O)O)C[C@H](O)[C@@H](NC(C)=O)C([C@H](O)[C@@H](CO)O[C@]5(C(=O)O)C[C@H](O)[C@@H](NC(C)=O)C([C@H](O)[C@H](O)CO)O5)O4)O3)[C@H]2O)[C@H](O)[C@H]1O)NC(=O)CCCCCCCCCCC. The summed E-state index contributed by atoms with van der Waals surface area (Å²) in [7, 11) is 0. The Morgan fingerprint density at radius 2 is 0.745 bits per heavy atom. The van der Waals surface area contributed by atoms with Gasteiger partial charge in [-0.1, -0.05) is 149 Å². The van der Waals surface area contributed by atoms with Crippen LogP contribution in [0.15, 0.2) is 0 Å². The lowest BCUT2D eigenvalue weighted by molar-refractivity contribution is -0.407. The van der Waals surface area contributed by atoms with E-state index in [0.29, 0.717) is 12.8 Å². The quantitative estimate of drug-likeness (QED) is 0.0252. The van der Waals surface area contributed by atoms with Gasteiger partial charge in [-0.25, -0.2) is 14.4 Å². The molecule has 7 heterocycles. The van der Waals surface area contributed by atoms with Gasteiger partial charge in [-0.15, -0.1) is 0 Å². The first-order valence-corrected chi connectivity index (χ1v) is 48.9. The van der Waals surface area contributed by atoms with E-state index in [1.807, 2.05) is 0 Å². The molecule has 7 fully saturated rings. The van der Waals surface area contributed by atoms with Crippen LogP contribution in [0.3, 0.4) is 0 Å². The zero-order valence-electron chi connectivity index (χ0n) is 80.5. The predicted octanol–water partition coefficient (Wildman–Crippen LogP) is -7.72. The molecule has 51 nitrogen and oxygen atoms in total. The fraction of sp³-hybridized carbons (Fsp3) is 0.911. The minimum atomic E-state index is -3.80. The molecule has 818 valence electrons. The van der Waals surface area contributed by atoms with Gasteiger partial charge in [0.2, 0.25) is 23.6 Å². The fourth-order valence-electron chi connectivity index (χ4n) is 19.0. The van der Waals surface area contributed by atoms with Crippen molar-refractivity contribution >= 4 is 47.3 Å². The number of carboxylic acids is 3. The number of carboxylic acid groups (broad SMARTS) is 3. The summed E-state index contributed by atoms with van der Waals surface area (Å²) in [5, 5.41) is 295. The normalized spacial score (nSPS) is 36.5. The average Bonchev–Trinajstić information content (AvgIpc) is 0.745. The van der Waals surface area contributed by atoms with Gasteiger partial charge in [0.05, 0.1) is 108 Å². The fourth-order valence-corrected chi connectivity index (χ4v) is 19.0. The summed E-state index contributed by atoms with van der Waals surface area (Å²) in [6.45, 7) is -2.16. The number of aliphatic hydroxyl groups is 22. The maximum atomic E-state index is 14.6. The van der Waals surface area contributed by atoms with E-state index in [2.05, 4.69) is 35.1 Å². The van der Waals surface area contributed by atoms with Gasteiger partial charge >= 0.3 is 17.9 Å². The van der Waals surface area contributed by atoms with E-state index in [1.54, 1.807) is 0 Å². The molecular weight excluding hydrogens is 1890 g/mol. The number of rotatable bonds is 62. The van der Waals surface area contributed by atoms with Crippen LogP contribution in [-0.4, -0.2) is 465 Å². The maximum Gasteiger partial charge on any atom is 0.364 e. The van der Waals surface area contributed by atoms with Gasteiger partial charge in [0.25, 0.3) is 17.4 Å². The van der Waals surface area contributed by atoms with Crippen LogP contribution in [0.2, 0.25) is 0 Å². The summed E-state index contributed by atoms with van der Waals surface area (Å²) in [6.07, 6.45) is -56.5. The van der Waals surface area contributed by atoms with Crippen LogP contribution in [-0.2, 0) is 105 Å². The summed E-state index contributed by atoms with van der Waals surface area (Å²) >= 11 is 0. The molecule has 0 aliphatic carbocycles. The number of hydrogen-bond donors (Lipinski definition) is 29. The summed E-state index contributed by atoms with van der Waals surface area (Å²) in [5.74, 6) is -24.2. The van der Waals surface area contributed by atoms with E-state index in [4.69, 9.17) is 66.3 Å². The third-order valence-corrected chi connectivity index (χ3v) is 26.7. The van der Waals surface area contributed by atoms with Crippen molar-refractivity contribution in [2.45, 2.75) is 459 Å². The third kappa shape index (κ3) is 33.3. The molecule has 0 radical (unpaired) electrons. The zero-order chi connectivity index (χ0) is 105. The van der Waals surface area contributed by atoms with Crippen LogP contribution in [0.5, 0.6) is 0 Å². The van der Waals surface area contributed by atoms with Crippen LogP contribution in [0, 0.1) is 5.92 Å². The van der Waals surface area contributed by atoms with Gasteiger partial charge in [0.1, 0.15) is 146 Å². The molecule has 0 aromatic rings. The Kier molecular flexibility index (Phi) is 51.3. The van der Waals surface area contributed by atoms with E-state index in [-0.39, 0.29) is 12.8 Å². The third-order valence-electron chi connectivity index (χ3n) is 26.7. The van der Waals surface area contributed by atoms with E-state index < -0.39 is 369 Å². The highest BCUT2D eigenvalue weighted by Gasteiger charge is 2.66. The molecule has 4 amide bonds. The standard InChI is InChI=1S/C90H156N4O47/c1-7-9-11-13-15-17-18-19-20-22-23-25-27-29-49(106)48(94-60(111)30-28-26-24-21-16-14-12-10-8-2)42-128-82-72(120)70(118)75(58(40-100)131-82)134-84-73(121)80(76(59(41-101)132-84)135-81-47(31-43(3)102)74(66(114)55(37-97)129-81)133-83-71(119)69(117)65(113)54(36-96)130-83)141-90(87(126)127)34-52(109)63(93-46(6)105)79(140-90)68(116)57(39-99)137-89(86(124)125)33-51(108)62(92-45(5)104)78(139-89)67(115)56(38-98)136-88(85(122)123)32-50(107)61(91-44(4)103)77(138-88)64(112)53(110)35-95/h47-59,61-84,95-101,106-110,112-121H,7-42H2,1-6H3,(H,91,103)(H,92,104)(H,93,105)(H,94,111)(H,122,123)(H,124,125)(H,126,127)/t47-,48+,49-,50+,51+,52+,53-,54-,55-,56-,57-,58-,59-,61-,62-,63-,64-,65+,66+,67-,68-,69+,70-,71-,72-,73-,74-,75-,76+,77?,78?,79?,80-,81+,82-,83+,84+,88-,89-,90+/m1/s1. The second-order valence-electron chi connectivity index (χ2n) is 37.8. The van der Waals surface area contributed by atoms with Crippen LogP contribution in [0.4, 0.5) is 0 Å². The van der Waals surface area contributed by atoms with Gasteiger partial charge in [-0.2, -0.15) is 0 Å². The topological polar surface area (TPSA) is 820 Å². The van der Waals surface area contributed by atoms with Crippen LogP contribution < -0.4 is 21.3 Å². The molecule has 7 aliphatic rings. The van der Waals surface area contributed by atoms with Crippen molar-refractivity contribution in [2.24, 2.45) is 5.92 Å². The van der Waals surface area contributed by atoms with Crippen LogP contribution in [0.1, 0.15) is 221 Å². The minimum Gasteiger partial charge on any atom is -0.477 e. The number of hydrogen-bond acceptors (Lipinski definition) is 44. The lowest BCUT2D eigenvalue weighted by Crippen LogP contribution is -2.72. The molecule has 0 saturated carbocycles. The van der Waals surface area contributed by atoms with Gasteiger partial charge in [-0.3, -0.25) is 19.2 Å². The number of amides is 4. The number of nitrogens with one attached hydrogen (secondary N) is 4. The average molecular weight is 2050 g/mol. The van der Waals surface area contributed by atoms with Crippen molar-refractivity contribution in [3.05, 3.63) is 0 Å². The van der Waals surface area contributed by atoms with Crippen molar-refractivity contribution < 1.29 is 232 Å². The Balaban J connectivity index is 1.26. The van der Waals surface area contributed by atoms with Crippen molar-refractivity contribution in [2.75, 3.05) is 52.9 Å². The largest absolute Gasteiger partial charge is 0.477 e. The Morgan fingerprint density at radius 1 is 0.376 bits per heavy atom. The van der Waals surface area contributed by atoms with Gasteiger partial charge in [-0.05, 0) is 19.8 Å². The molecule has 0 spiro atoms. The first kappa shape index (κ1) is 122. The Morgan fingerprint density at radius 3 is 1.17 bits per heavy atom. The Bertz CT molecular complexity index is 3740. The Labute approximate surface area is 815 Å². The highest BCUT2D eigenvalue weighted by Crippen LogP contribution is 2.46. The Hall–Kier alpha value is -5.48. The van der Waals surface area contributed by atoms with Crippen LogP contribution in [0.25, 0.3) is 0 Å². The number of unbranched alkanes of at least 4 members (excludes halogenated alkanes) is 20. The van der Waals surface area contributed by atoms with Gasteiger partial charge in [0, 0.05) is 58.8 Å². The molecule has 0 aromatic heterocycles. The predicted molar refractivity (Wildman–Crippen MR) is 475 cm³/mol. The van der Waals surface area contributed by atoms with E-state index >= 15 is 0 Å². The van der Waals surface area contributed by atoms with E-state index in [0.717, 1.165) is 118 Å². The van der Waals surface area contributed by atoms with E-state index in [1.165, 1.54) is 38.5 Å². The molecule has 40 atom stereocenters.